The number of nitrogens with one attached hydrogen (secondary N) is 1. The quantitative estimate of drug-likeness (QED) is 0.773. The van der Waals surface area contributed by atoms with Gasteiger partial charge in [-0.1, -0.05) is 19.9 Å². The zero-order valence-electron chi connectivity index (χ0n) is 12.7. The molecule has 0 aliphatic rings. The summed E-state index contributed by atoms with van der Waals surface area (Å²) in [4.78, 5) is 9.20. The summed E-state index contributed by atoms with van der Waals surface area (Å²) in [7, 11) is 1.84. The van der Waals surface area contributed by atoms with Gasteiger partial charge in [0.25, 0.3) is 0 Å². The molecule has 0 radical (unpaired) electrons. The van der Waals surface area contributed by atoms with Crippen molar-refractivity contribution in [2.24, 2.45) is 5.92 Å². The topological polar surface area (TPSA) is 37.8 Å². The van der Waals surface area contributed by atoms with Crippen molar-refractivity contribution in [1.82, 2.24) is 9.97 Å². The van der Waals surface area contributed by atoms with E-state index in [0.717, 1.165) is 32.6 Å². The summed E-state index contributed by atoms with van der Waals surface area (Å²) >= 11 is 2.26. The van der Waals surface area contributed by atoms with Crippen molar-refractivity contribution in [3.8, 4) is 11.4 Å². The lowest BCUT2D eigenvalue weighted by molar-refractivity contribution is 0.626. The number of aryl methyl sites for hydroxylation is 1. The van der Waals surface area contributed by atoms with Crippen molar-refractivity contribution < 1.29 is 4.39 Å². The van der Waals surface area contributed by atoms with Crippen molar-refractivity contribution in [2.45, 2.75) is 27.2 Å². The molecule has 0 atom stereocenters. The van der Waals surface area contributed by atoms with E-state index in [2.05, 4.69) is 51.7 Å². The summed E-state index contributed by atoms with van der Waals surface area (Å²) in [6.45, 7) is 6.26. The normalized spacial score (nSPS) is 11.0. The summed E-state index contributed by atoms with van der Waals surface area (Å²) in [6.07, 6.45) is 0.872. The highest BCUT2D eigenvalue weighted by molar-refractivity contribution is 14.1. The summed E-state index contributed by atoms with van der Waals surface area (Å²) in [6, 6.07) is 4.71. The van der Waals surface area contributed by atoms with Gasteiger partial charge in [0.15, 0.2) is 5.82 Å². The minimum atomic E-state index is -0.269. The molecule has 0 spiro atoms. The van der Waals surface area contributed by atoms with Gasteiger partial charge in [-0.3, -0.25) is 0 Å². The highest BCUT2D eigenvalue weighted by atomic mass is 127. The van der Waals surface area contributed by atoms with Gasteiger partial charge in [-0.2, -0.15) is 0 Å². The maximum absolute atomic E-state index is 13.5. The molecule has 0 saturated carbocycles. The molecule has 0 unspecified atom stereocenters. The summed E-state index contributed by atoms with van der Waals surface area (Å²) < 4.78 is 14.6. The van der Waals surface area contributed by atoms with Gasteiger partial charge < -0.3 is 5.32 Å². The number of halogens is 2. The number of aromatic nitrogens is 2. The molecule has 2 aromatic rings. The molecular formula is C16H19FIN3. The van der Waals surface area contributed by atoms with Gasteiger partial charge >= 0.3 is 0 Å². The Kier molecular flexibility index (Phi) is 5.13. The minimum absolute atomic E-state index is 0.269. The van der Waals surface area contributed by atoms with E-state index in [-0.39, 0.29) is 5.82 Å². The molecule has 1 aromatic heterocycles. The van der Waals surface area contributed by atoms with Crippen LogP contribution in [-0.4, -0.2) is 17.0 Å². The predicted molar refractivity (Wildman–Crippen MR) is 93.0 cm³/mol. The molecule has 0 saturated heterocycles. The molecule has 5 heteroatoms. The largest absolute Gasteiger partial charge is 0.372 e. The first-order valence-electron chi connectivity index (χ1n) is 6.93. The van der Waals surface area contributed by atoms with Crippen molar-refractivity contribution in [3.05, 3.63) is 38.8 Å². The molecule has 21 heavy (non-hydrogen) atoms. The second-order valence-corrected chi connectivity index (χ2v) is 6.54. The Morgan fingerprint density at radius 1 is 1.29 bits per heavy atom. The number of hydrogen-bond acceptors (Lipinski definition) is 3. The van der Waals surface area contributed by atoms with E-state index in [9.17, 15) is 4.39 Å². The summed E-state index contributed by atoms with van der Waals surface area (Å²) in [5.74, 6) is 1.60. The zero-order valence-corrected chi connectivity index (χ0v) is 14.8. The molecule has 0 aliphatic heterocycles. The standard InChI is InChI=1S/C16H19FIN3/c1-9(2)7-13-14(18)16(19-4)21-15(20-13)12-8-11(17)6-5-10(12)3/h5-6,8-9H,7H2,1-4H3,(H,19,20,21). The van der Waals surface area contributed by atoms with Crippen LogP contribution in [0.2, 0.25) is 0 Å². The lowest BCUT2D eigenvalue weighted by atomic mass is 10.1. The van der Waals surface area contributed by atoms with E-state index in [1.165, 1.54) is 12.1 Å². The number of anilines is 1. The Hall–Kier alpha value is -1.24. The Labute approximate surface area is 138 Å². The lowest BCUT2D eigenvalue weighted by Crippen LogP contribution is -2.08. The first kappa shape index (κ1) is 16.1. The van der Waals surface area contributed by atoms with Crippen LogP contribution in [0, 0.1) is 22.2 Å². The van der Waals surface area contributed by atoms with Gasteiger partial charge in [-0.25, -0.2) is 14.4 Å². The molecule has 2 rings (SSSR count). The van der Waals surface area contributed by atoms with Crippen LogP contribution in [0.15, 0.2) is 18.2 Å². The average Bonchev–Trinajstić information content (AvgIpc) is 2.43. The zero-order chi connectivity index (χ0) is 15.6. The number of nitrogens with zero attached hydrogens (tertiary/aromatic N) is 2. The summed E-state index contributed by atoms with van der Waals surface area (Å²) in [5, 5.41) is 3.10. The number of hydrogen-bond donors (Lipinski definition) is 1. The highest BCUT2D eigenvalue weighted by Crippen LogP contribution is 2.27. The molecular weight excluding hydrogens is 380 g/mol. The van der Waals surface area contributed by atoms with Crippen molar-refractivity contribution in [3.63, 3.8) is 0 Å². The maximum atomic E-state index is 13.5. The van der Waals surface area contributed by atoms with Crippen molar-refractivity contribution in [1.29, 1.82) is 0 Å². The fraction of sp³-hybridized carbons (Fsp3) is 0.375. The van der Waals surface area contributed by atoms with Crippen LogP contribution in [0.25, 0.3) is 11.4 Å². The number of benzene rings is 1. The highest BCUT2D eigenvalue weighted by Gasteiger charge is 2.15. The van der Waals surface area contributed by atoms with Gasteiger partial charge in [0.05, 0.1) is 9.26 Å². The Balaban J connectivity index is 2.60. The monoisotopic (exact) mass is 399 g/mol. The van der Waals surface area contributed by atoms with Gasteiger partial charge in [-0.05, 0) is 59.5 Å². The van der Waals surface area contributed by atoms with Crippen LogP contribution in [0.1, 0.15) is 25.1 Å². The van der Waals surface area contributed by atoms with E-state index in [1.54, 1.807) is 6.07 Å². The Morgan fingerprint density at radius 3 is 2.62 bits per heavy atom. The third-order valence-corrected chi connectivity index (χ3v) is 4.33. The molecule has 0 amide bonds. The second-order valence-electron chi connectivity index (χ2n) is 5.46. The van der Waals surface area contributed by atoms with E-state index >= 15 is 0 Å². The first-order chi connectivity index (χ1) is 9.92. The average molecular weight is 399 g/mol. The van der Waals surface area contributed by atoms with Crippen LogP contribution in [0.3, 0.4) is 0 Å². The van der Waals surface area contributed by atoms with Crippen LogP contribution >= 0.6 is 22.6 Å². The van der Waals surface area contributed by atoms with Gasteiger partial charge in [0, 0.05) is 12.6 Å². The van der Waals surface area contributed by atoms with Crippen LogP contribution in [0.4, 0.5) is 10.2 Å². The maximum Gasteiger partial charge on any atom is 0.162 e. The molecule has 0 aliphatic carbocycles. The predicted octanol–water partition coefficient (Wildman–Crippen LogP) is 4.44. The third kappa shape index (κ3) is 3.70. The molecule has 0 bridgehead atoms. The van der Waals surface area contributed by atoms with Gasteiger partial charge in [0.2, 0.25) is 0 Å². The van der Waals surface area contributed by atoms with Crippen LogP contribution in [0.5, 0.6) is 0 Å². The van der Waals surface area contributed by atoms with Gasteiger partial charge in [-0.15, -0.1) is 0 Å². The van der Waals surface area contributed by atoms with Gasteiger partial charge in [0.1, 0.15) is 11.6 Å². The molecule has 112 valence electrons. The number of rotatable bonds is 4. The fourth-order valence-electron chi connectivity index (χ4n) is 2.14. The Morgan fingerprint density at radius 2 is 2.00 bits per heavy atom. The van der Waals surface area contributed by atoms with E-state index in [4.69, 9.17) is 0 Å². The Bertz CT molecular complexity index is 656. The van der Waals surface area contributed by atoms with Crippen LogP contribution in [-0.2, 0) is 6.42 Å². The fourth-order valence-corrected chi connectivity index (χ4v) is 2.87. The molecule has 1 aromatic carbocycles. The van der Waals surface area contributed by atoms with Crippen molar-refractivity contribution >= 4 is 28.4 Å². The molecule has 0 fully saturated rings. The minimum Gasteiger partial charge on any atom is -0.372 e. The van der Waals surface area contributed by atoms with E-state index in [1.807, 2.05) is 14.0 Å². The van der Waals surface area contributed by atoms with E-state index < -0.39 is 0 Å². The third-order valence-electron chi connectivity index (χ3n) is 3.20. The smallest absolute Gasteiger partial charge is 0.162 e. The first-order valence-corrected chi connectivity index (χ1v) is 8.01. The lowest BCUT2D eigenvalue weighted by Gasteiger charge is -2.13. The second kappa shape index (κ2) is 6.68. The molecule has 1 N–H and O–H groups in total. The van der Waals surface area contributed by atoms with Crippen molar-refractivity contribution in [2.75, 3.05) is 12.4 Å². The van der Waals surface area contributed by atoms with Crippen LogP contribution < -0.4 is 5.32 Å². The molecule has 3 nitrogen and oxygen atoms in total. The summed E-state index contributed by atoms with van der Waals surface area (Å²) in [5.41, 5.74) is 2.71. The SMILES string of the molecule is CNc1nc(-c2cc(F)ccc2C)nc(CC(C)C)c1I. The van der Waals surface area contributed by atoms with E-state index in [0.29, 0.717) is 11.7 Å². The molecule has 1 heterocycles.